The van der Waals surface area contributed by atoms with Gasteiger partial charge in [-0.05, 0) is 31.5 Å². The fraction of sp³-hybridized carbons (Fsp3) is 0.238. The zero-order valence-corrected chi connectivity index (χ0v) is 16.5. The monoisotopic (exact) mass is 381 g/mol. The van der Waals surface area contributed by atoms with Crippen LogP contribution in [0.25, 0.3) is 0 Å². The van der Waals surface area contributed by atoms with E-state index >= 15 is 0 Å². The fourth-order valence-corrected chi connectivity index (χ4v) is 3.53. The van der Waals surface area contributed by atoms with Gasteiger partial charge in [0.15, 0.2) is 5.16 Å². The second kappa shape index (κ2) is 8.77. The number of thioether (sulfide) groups is 1. The zero-order chi connectivity index (χ0) is 19.2. The lowest BCUT2D eigenvalue weighted by molar-refractivity contribution is -0.115. The number of aryl methyl sites for hydroxylation is 1. The molecule has 27 heavy (non-hydrogen) atoms. The number of H-pyrrole nitrogens is 1. The summed E-state index contributed by atoms with van der Waals surface area (Å²) < 4.78 is 5.19. The molecule has 0 spiro atoms. The molecule has 3 rings (SSSR count). The Balaban J connectivity index is 1.62. The number of anilines is 1. The average Bonchev–Trinajstić information content (AvgIpc) is 3.01. The molecule has 6 heteroatoms. The number of methoxy groups -OCH3 is 1. The van der Waals surface area contributed by atoms with Gasteiger partial charge >= 0.3 is 0 Å². The van der Waals surface area contributed by atoms with Gasteiger partial charge in [0.2, 0.25) is 5.91 Å². The predicted octanol–water partition coefficient (Wildman–Crippen LogP) is 4.44. The number of rotatable bonds is 7. The molecule has 1 heterocycles. The van der Waals surface area contributed by atoms with Crippen molar-refractivity contribution in [2.24, 2.45) is 0 Å². The van der Waals surface area contributed by atoms with E-state index in [1.54, 1.807) is 13.2 Å². The molecular weight excluding hydrogens is 358 g/mol. The smallest absolute Gasteiger partial charge is 0.237 e. The Hall–Kier alpha value is -2.73. The number of ether oxygens (including phenoxy) is 1. The Kier molecular flexibility index (Phi) is 6.19. The predicted molar refractivity (Wildman–Crippen MR) is 110 cm³/mol. The van der Waals surface area contributed by atoms with Gasteiger partial charge in [-0.2, -0.15) is 0 Å². The first-order valence-corrected chi connectivity index (χ1v) is 9.64. The van der Waals surface area contributed by atoms with Crippen molar-refractivity contribution in [1.82, 2.24) is 9.97 Å². The summed E-state index contributed by atoms with van der Waals surface area (Å²) in [5, 5.41) is 3.39. The summed E-state index contributed by atoms with van der Waals surface area (Å²) in [6.07, 6.45) is 0.772. The summed E-state index contributed by atoms with van der Waals surface area (Å²) in [7, 11) is 1.60. The third kappa shape index (κ3) is 5.14. The van der Waals surface area contributed by atoms with Crippen molar-refractivity contribution in [3.8, 4) is 5.75 Å². The van der Waals surface area contributed by atoms with E-state index in [9.17, 15) is 4.79 Å². The summed E-state index contributed by atoms with van der Waals surface area (Å²) in [4.78, 5) is 20.4. The Morgan fingerprint density at radius 2 is 2.00 bits per heavy atom. The van der Waals surface area contributed by atoms with Crippen molar-refractivity contribution < 1.29 is 9.53 Å². The van der Waals surface area contributed by atoms with Crippen LogP contribution in [-0.4, -0.2) is 28.2 Å². The highest BCUT2D eigenvalue weighted by Gasteiger charge is 2.18. The Morgan fingerprint density at radius 1 is 1.22 bits per heavy atom. The molecule has 3 aromatic rings. The van der Waals surface area contributed by atoms with Gasteiger partial charge in [0.1, 0.15) is 5.75 Å². The lowest BCUT2D eigenvalue weighted by atomic mass is 10.1. The first-order valence-electron chi connectivity index (χ1n) is 8.76. The molecule has 0 aliphatic rings. The molecule has 1 amide bonds. The van der Waals surface area contributed by atoms with Crippen molar-refractivity contribution in [1.29, 1.82) is 0 Å². The Labute approximate surface area is 163 Å². The number of aromatic amines is 1. The van der Waals surface area contributed by atoms with Crippen LogP contribution >= 0.6 is 11.8 Å². The van der Waals surface area contributed by atoms with Gasteiger partial charge in [0, 0.05) is 23.9 Å². The quantitative estimate of drug-likeness (QED) is 0.594. The van der Waals surface area contributed by atoms with Crippen LogP contribution in [-0.2, 0) is 11.2 Å². The van der Waals surface area contributed by atoms with Gasteiger partial charge in [0.25, 0.3) is 0 Å². The highest BCUT2D eigenvalue weighted by Crippen LogP contribution is 2.24. The van der Waals surface area contributed by atoms with Crippen LogP contribution in [0.3, 0.4) is 0 Å². The van der Waals surface area contributed by atoms with Crippen molar-refractivity contribution in [2.45, 2.75) is 30.7 Å². The maximum absolute atomic E-state index is 12.5. The van der Waals surface area contributed by atoms with E-state index in [1.807, 2.05) is 50.2 Å². The lowest BCUT2D eigenvalue weighted by Crippen LogP contribution is -2.22. The van der Waals surface area contributed by atoms with Gasteiger partial charge in [-0.1, -0.05) is 48.2 Å². The Morgan fingerprint density at radius 3 is 2.74 bits per heavy atom. The molecule has 0 saturated carbocycles. The number of imidazole rings is 1. The van der Waals surface area contributed by atoms with Gasteiger partial charge in [-0.15, -0.1) is 0 Å². The molecule has 2 N–H and O–H groups in total. The van der Waals surface area contributed by atoms with Crippen LogP contribution in [0.15, 0.2) is 59.8 Å². The summed E-state index contributed by atoms with van der Waals surface area (Å²) in [6.45, 7) is 3.88. The molecule has 0 aliphatic carbocycles. The van der Waals surface area contributed by atoms with Crippen LogP contribution in [0.1, 0.15) is 23.9 Å². The number of benzene rings is 2. The molecular formula is C21H23N3O2S. The topological polar surface area (TPSA) is 67.0 Å². The molecule has 0 aliphatic heterocycles. The lowest BCUT2D eigenvalue weighted by Gasteiger charge is -2.11. The minimum Gasteiger partial charge on any atom is -0.497 e. The van der Waals surface area contributed by atoms with E-state index in [-0.39, 0.29) is 11.2 Å². The van der Waals surface area contributed by atoms with Crippen molar-refractivity contribution in [3.05, 3.63) is 71.5 Å². The average molecular weight is 382 g/mol. The number of nitrogens with zero attached hydrogens (tertiary/aromatic N) is 1. The van der Waals surface area contributed by atoms with E-state index in [1.165, 1.54) is 17.3 Å². The minimum atomic E-state index is -0.286. The van der Waals surface area contributed by atoms with Crippen LogP contribution < -0.4 is 10.1 Å². The maximum atomic E-state index is 12.5. The summed E-state index contributed by atoms with van der Waals surface area (Å²) in [5.41, 5.74) is 3.96. The molecule has 0 bridgehead atoms. The largest absolute Gasteiger partial charge is 0.497 e. The van der Waals surface area contributed by atoms with Crippen LogP contribution in [0.4, 0.5) is 5.69 Å². The van der Waals surface area contributed by atoms with E-state index in [4.69, 9.17) is 4.74 Å². The number of amides is 1. The summed E-state index contributed by atoms with van der Waals surface area (Å²) >= 11 is 1.42. The van der Waals surface area contributed by atoms with Crippen LogP contribution in [0, 0.1) is 6.92 Å². The van der Waals surface area contributed by atoms with E-state index < -0.39 is 0 Å². The molecule has 1 aromatic heterocycles. The standard InChI is InChI=1S/C21H23N3O2S/c1-14-19(12-16-8-5-4-6-9-16)24-21(22-14)27-15(2)20(25)23-17-10-7-11-18(13-17)26-3/h4-11,13,15H,12H2,1-3H3,(H,22,24)(H,23,25)/t15-/m1/s1. The van der Waals surface area contributed by atoms with Gasteiger partial charge in [0.05, 0.1) is 18.1 Å². The normalized spacial score (nSPS) is 11.8. The first-order chi connectivity index (χ1) is 13.0. The van der Waals surface area contributed by atoms with Crippen molar-refractivity contribution in [3.63, 3.8) is 0 Å². The second-order valence-corrected chi connectivity index (χ2v) is 7.59. The van der Waals surface area contributed by atoms with Crippen molar-refractivity contribution >= 4 is 23.4 Å². The number of carbonyl (C=O) groups is 1. The number of hydrogen-bond acceptors (Lipinski definition) is 4. The number of hydrogen-bond donors (Lipinski definition) is 2. The zero-order valence-electron chi connectivity index (χ0n) is 15.7. The molecule has 0 fully saturated rings. The van der Waals surface area contributed by atoms with Crippen LogP contribution in [0.2, 0.25) is 0 Å². The molecule has 2 aromatic carbocycles. The molecule has 1 atom stereocenters. The van der Waals surface area contributed by atoms with Gasteiger partial charge < -0.3 is 15.0 Å². The van der Waals surface area contributed by atoms with Crippen molar-refractivity contribution in [2.75, 3.05) is 12.4 Å². The maximum Gasteiger partial charge on any atom is 0.237 e. The number of carbonyl (C=O) groups excluding carboxylic acids is 1. The van der Waals surface area contributed by atoms with E-state index in [2.05, 4.69) is 27.4 Å². The minimum absolute atomic E-state index is 0.0769. The molecule has 0 radical (unpaired) electrons. The third-order valence-electron chi connectivity index (χ3n) is 4.17. The highest BCUT2D eigenvalue weighted by atomic mass is 32.2. The SMILES string of the molecule is COc1cccc(NC(=O)[C@@H](C)Sc2nc(Cc3ccccc3)c(C)[nH]2)c1. The second-order valence-electron chi connectivity index (χ2n) is 6.26. The summed E-state index contributed by atoms with van der Waals surface area (Å²) in [5.74, 6) is 0.632. The molecule has 0 saturated heterocycles. The number of nitrogens with one attached hydrogen (secondary N) is 2. The van der Waals surface area contributed by atoms with Gasteiger partial charge in [-0.3, -0.25) is 4.79 Å². The fourth-order valence-electron chi connectivity index (χ4n) is 2.65. The Bertz CT molecular complexity index is 909. The van der Waals surface area contributed by atoms with Crippen LogP contribution in [0.5, 0.6) is 5.75 Å². The van der Waals surface area contributed by atoms with E-state index in [0.29, 0.717) is 11.4 Å². The third-order valence-corrected chi connectivity index (χ3v) is 5.16. The van der Waals surface area contributed by atoms with E-state index in [0.717, 1.165) is 23.0 Å². The van der Waals surface area contributed by atoms with Gasteiger partial charge in [-0.25, -0.2) is 4.98 Å². The molecule has 5 nitrogen and oxygen atoms in total. The highest BCUT2D eigenvalue weighted by molar-refractivity contribution is 8.00. The molecule has 140 valence electrons. The number of aromatic nitrogens is 2. The molecule has 0 unspecified atom stereocenters. The first kappa shape index (κ1) is 19.0. The summed E-state index contributed by atoms with van der Waals surface area (Å²) in [6, 6.07) is 17.6.